The average molecular weight is 457 g/mol. The van der Waals surface area contributed by atoms with Crippen LogP contribution in [0, 0.1) is 17.8 Å². The maximum Gasteiger partial charge on any atom is 0.124 e. The van der Waals surface area contributed by atoms with Crippen LogP contribution in [0.4, 0.5) is 8.78 Å². The van der Waals surface area contributed by atoms with Crippen molar-refractivity contribution in [3.8, 4) is 0 Å². The van der Waals surface area contributed by atoms with Crippen molar-refractivity contribution in [3.63, 3.8) is 0 Å². The van der Waals surface area contributed by atoms with Crippen molar-refractivity contribution in [1.82, 2.24) is 0 Å². The smallest absolute Gasteiger partial charge is 0.124 e. The lowest BCUT2D eigenvalue weighted by Crippen LogP contribution is -2.32. The molecule has 2 aliphatic rings. The maximum absolute atomic E-state index is 15.2. The monoisotopic (exact) mass is 456 g/mol. The van der Waals surface area contributed by atoms with Crippen LogP contribution in [-0.2, 0) is 12.8 Å². The quantitative estimate of drug-likeness (QED) is 0.307. The highest BCUT2D eigenvalue weighted by atomic mass is 19.1. The lowest BCUT2D eigenvalue weighted by atomic mass is 9.69. The number of aryl methyl sites for hydroxylation is 1. The standard InChI is InChI=1S/C31H46F2/c1-4-30(21-8-6-9-22-30)28(32)19-13-17-26-16-12-15-25(3)27(26)18-14-20-29(33)31(5-2)23-10-7-11-24-31/h12-16,19-20,28-29H,4-11,17-18,21-24H2,1-3H3. The lowest BCUT2D eigenvalue weighted by Gasteiger charge is -2.38. The van der Waals surface area contributed by atoms with Crippen LogP contribution in [0.15, 0.2) is 42.5 Å². The lowest BCUT2D eigenvalue weighted by molar-refractivity contribution is 0.0853. The third kappa shape index (κ3) is 6.37. The van der Waals surface area contributed by atoms with Crippen LogP contribution in [0.5, 0.6) is 0 Å². The zero-order chi connectivity index (χ0) is 23.7. The molecule has 0 nitrogen and oxygen atoms in total. The predicted octanol–water partition coefficient (Wildman–Crippen LogP) is 9.59. The molecular formula is C31H46F2. The van der Waals surface area contributed by atoms with Gasteiger partial charge in [-0.05, 0) is 75.0 Å². The van der Waals surface area contributed by atoms with E-state index in [1.54, 1.807) is 0 Å². The Kier molecular flexibility index (Phi) is 9.77. The van der Waals surface area contributed by atoms with Gasteiger partial charge in [-0.1, -0.05) is 94.9 Å². The molecule has 0 spiro atoms. The Bertz CT molecular complexity index is 778. The van der Waals surface area contributed by atoms with Crippen molar-refractivity contribution in [3.05, 3.63) is 59.2 Å². The van der Waals surface area contributed by atoms with Crippen LogP contribution < -0.4 is 0 Å². The number of hydrogen-bond donors (Lipinski definition) is 0. The Morgan fingerprint density at radius 1 is 0.758 bits per heavy atom. The molecule has 0 N–H and O–H groups in total. The maximum atomic E-state index is 15.2. The molecule has 1 aromatic rings. The summed E-state index contributed by atoms with van der Waals surface area (Å²) in [5, 5.41) is 0. The predicted molar refractivity (Wildman–Crippen MR) is 138 cm³/mol. The minimum Gasteiger partial charge on any atom is -0.242 e. The molecule has 0 radical (unpaired) electrons. The number of halogens is 2. The van der Waals surface area contributed by atoms with Crippen LogP contribution in [0.2, 0.25) is 0 Å². The second-order valence-electron chi connectivity index (χ2n) is 10.8. The van der Waals surface area contributed by atoms with Crippen molar-refractivity contribution < 1.29 is 8.78 Å². The topological polar surface area (TPSA) is 0 Å². The van der Waals surface area contributed by atoms with Gasteiger partial charge in [0.05, 0.1) is 0 Å². The molecule has 0 amide bonds. The molecule has 1 aromatic carbocycles. The first-order valence-electron chi connectivity index (χ1n) is 13.7. The fraction of sp³-hybridized carbons (Fsp3) is 0.677. The van der Waals surface area contributed by atoms with Gasteiger partial charge in [0.1, 0.15) is 12.3 Å². The van der Waals surface area contributed by atoms with Crippen molar-refractivity contribution in [2.45, 2.75) is 123 Å². The number of allylic oxidation sites excluding steroid dienone is 4. The Labute approximate surface area is 201 Å². The van der Waals surface area contributed by atoms with Gasteiger partial charge < -0.3 is 0 Å². The Morgan fingerprint density at radius 2 is 1.24 bits per heavy atom. The van der Waals surface area contributed by atoms with Crippen LogP contribution in [0.25, 0.3) is 0 Å². The summed E-state index contributed by atoms with van der Waals surface area (Å²) >= 11 is 0. The Hall–Kier alpha value is -1.44. The molecule has 2 heteroatoms. The molecular weight excluding hydrogens is 410 g/mol. The van der Waals surface area contributed by atoms with E-state index in [0.29, 0.717) is 0 Å². The largest absolute Gasteiger partial charge is 0.242 e. The van der Waals surface area contributed by atoms with Crippen LogP contribution in [0.1, 0.15) is 108 Å². The fourth-order valence-corrected chi connectivity index (χ4v) is 6.43. The van der Waals surface area contributed by atoms with Gasteiger partial charge in [-0.2, -0.15) is 0 Å². The van der Waals surface area contributed by atoms with Crippen molar-refractivity contribution in [2.75, 3.05) is 0 Å². The number of rotatable bonds is 10. The highest BCUT2D eigenvalue weighted by Gasteiger charge is 2.38. The number of benzene rings is 1. The summed E-state index contributed by atoms with van der Waals surface area (Å²) in [6.45, 7) is 6.42. The highest BCUT2D eigenvalue weighted by molar-refractivity contribution is 5.37. The van der Waals surface area contributed by atoms with Gasteiger partial charge in [-0.3, -0.25) is 0 Å². The van der Waals surface area contributed by atoms with Crippen LogP contribution in [-0.4, -0.2) is 12.3 Å². The molecule has 2 unspecified atom stereocenters. The fourth-order valence-electron chi connectivity index (χ4n) is 6.43. The van der Waals surface area contributed by atoms with Crippen molar-refractivity contribution in [2.24, 2.45) is 10.8 Å². The zero-order valence-corrected chi connectivity index (χ0v) is 21.4. The third-order valence-corrected chi connectivity index (χ3v) is 9.05. The molecule has 2 fully saturated rings. The van der Waals surface area contributed by atoms with E-state index in [1.807, 2.05) is 24.3 Å². The van der Waals surface area contributed by atoms with Crippen molar-refractivity contribution >= 4 is 0 Å². The Morgan fingerprint density at radius 3 is 1.73 bits per heavy atom. The van der Waals surface area contributed by atoms with E-state index < -0.39 is 12.3 Å². The van der Waals surface area contributed by atoms with Crippen LogP contribution in [0.3, 0.4) is 0 Å². The van der Waals surface area contributed by atoms with Crippen LogP contribution >= 0.6 is 0 Å². The first-order chi connectivity index (χ1) is 16.0. The molecule has 0 saturated heterocycles. The minimum atomic E-state index is -0.858. The molecule has 0 heterocycles. The molecule has 3 rings (SSSR count). The van der Waals surface area contributed by atoms with E-state index in [0.717, 1.165) is 77.0 Å². The van der Waals surface area contributed by atoms with Gasteiger partial charge in [0.25, 0.3) is 0 Å². The summed E-state index contributed by atoms with van der Waals surface area (Å²) in [7, 11) is 0. The minimum absolute atomic E-state index is 0.155. The van der Waals surface area contributed by atoms with E-state index in [9.17, 15) is 0 Å². The molecule has 0 aliphatic heterocycles. The second-order valence-corrected chi connectivity index (χ2v) is 10.8. The second kappa shape index (κ2) is 12.3. The zero-order valence-electron chi connectivity index (χ0n) is 21.4. The average Bonchev–Trinajstić information content (AvgIpc) is 2.86. The molecule has 0 aromatic heterocycles. The number of alkyl halides is 2. The molecule has 33 heavy (non-hydrogen) atoms. The van der Waals surface area contributed by atoms with Gasteiger partial charge in [-0.15, -0.1) is 0 Å². The third-order valence-electron chi connectivity index (χ3n) is 9.05. The molecule has 2 aliphatic carbocycles. The van der Waals surface area contributed by atoms with E-state index in [1.165, 1.54) is 29.5 Å². The van der Waals surface area contributed by atoms with E-state index in [-0.39, 0.29) is 10.8 Å². The molecule has 2 atom stereocenters. The summed E-state index contributed by atoms with van der Waals surface area (Å²) in [6, 6.07) is 6.36. The van der Waals surface area contributed by atoms with Gasteiger partial charge in [0.2, 0.25) is 0 Å². The summed E-state index contributed by atoms with van der Waals surface area (Å²) < 4.78 is 30.5. The van der Waals surface area contributed by atoms with Crippen molar-refractivity contribution in [1.29, 1.82) is 0 Å². The molecule has 184 valence electrons. The normalized spacial score (nSPS) is 22.6. The van der Waals surface area contributed by atoms with Gasteiger partial charge in [0, 0.05) is 10.8 Å². The Balaban J connectivity index is 1.65. The number of hydrogen-bond acceptors (Lipinski definition) is 0. The first kappa shape index (κ1) is 26.2. The summed E-state index contributed by atoms with van der Waals surface area (Å²) in [5.74, 6) is 0. The van der Waals surface area contributed by atoms with Gasteiger partial charge >= 0.3 is 0 Å². The molecule has 0 bridgehead atoms. The highest BCUT2D eigenvalue weighted by Crippen LogP contribution is 2.45. The van der Waals surface area contributed by atoms with Gasteiger partial charge in [0.15, 0.2) is 0 Å². The van der Waals surface area contributed by atoms with E-state index in [4.69, 9.17) is 0 Å². The summed E-state index contributed by atoms with van der Waals surface area (Å²) in [4.78, 5) is 0. The summed E-state index contributed by atoms with van der Waals surface area (Å²) in [6.07, 6.45) is 20.5. The van der Waals surface area contributed by atoms with Gasteiger partial charge in [-0.25, -0.2) is 8.78 Å². The van der Waals surface area contributed by atoms with E-state index >= 15 is 8.78 Å². The van der Waals surface area contributed by atoms with E-state index in [2.05, 4.69) is 39.0 Å². The first-order valence-corrected chi connectivity index (χ1v) is 13.7. The SMILES string of the molecule is CCC1(C(F)C=CCc2cccc(C)c2CC=CC(F)C2(CC)CCCCC2)CCCCC1. The molecule has 2 saturated carbocycles. The summed E-state index contributed by atoms with van der Waals surface area (Å²) in [5.41, 5.74) is 3.42.